The molecule has 5 heteroatoms. The maximum absolute atomic E-state index is 12.7. The maximum Gasteiger partial charge on any atom is 0.273 e. The van der Waals surface area contributed by atoms with Gasteiger partial charge in [-0.3, -0.25) is 9.89 Å². The minimum Gasteiger partial charge on any atom is -0.335 e. The van der Waals surface area contributed by atoms with Gasteiger partial charge in [-0.1, -0.05) is 11.6 Å². The maximum atomic E-state index is 12.7. The lowest BCUT2D eigenvalue weighted by molar-refractivity contribution is -0.0667. The Labute approximate surface area is 123 Å². The van der Waals surface area contributed by atoms with Gasteiger partial charge in [-0.05, 0) is 56.3 Å². The molecule has 0 aliphatic heterocycles. The fourth-order valence-electron chi connectivity index (χ4n) is 5.28. The van der Waals surface area contributed by atoms with Gasteiger partial charge in [0.1, 0.15) is 5.69 Å². The number of carbonyl (C=O) groups excluding carboxylic acids is 1. The van der Waals surface area contributed by atoms with E-state index in [1.54, 1.807) is 0 Å². The highest BCUT2D eigenvalue weighted by Crippen LogP contribution is 2.57. The third kappa shape index (κ3) is 1.73. The van der Waals surface area contributed by atoms with Crippen LogP contribution in [0.2, 0.25) is 5.02 Å². The average Bonchev–Trinajstić information content (AvgIpc) is 2.81. The lowest BCUT2D eigenvalue weighted by Gasteiger charge is -2.59. The van der Waals surface area contributed by atoms with Crippen molar-refractivity contribution in [2.24, 2.45) is 17.8 Å². The Morgan fingerprint density at radius 1 is 1.30 bits per heavy atom. The summed E-state index contributed by atoms with van der Waals surface area (Å²) in [6.07, 6.45) is 9.17. The molecule has 1 N–H and O–H groups in total. The molecule has 0 saturated heterocycles. The van der Waals surface area contributed by atoms with Gasteiger partial charge in [0, 0.05) is 12.6 Å². The highest BCUT2D eigenvalue weighted by Gasteiger charge is 2.54. The van der Waals surface area contributed by atoms with Crippen molar-refractivity contribution < 1.29 is 4.79 Å². The van der Waals surface area contributed by atoms with Gasteiger partial charge in [0.2, 0.25) is 0 Å². The van der Waals surface area contributed by atoms with E-state index < -0.39 is 0 Å². The molecule has 4 nitrogen and oxygen atoms in total. The minimum atomic E-state index is -0.00514. The van der Waals surface area contributed by atoms with Crippen molar-refractivity contribution in [2.45, 2.75) is 44.1 Å². The van der Waals surface area contributed by atoms with E-state index in [-0.39, 0.29) is 11.4 Å². The molecule has 4 aliphatic carbocycles. The molecule has 1 aromatic rings. The van der Waals surface area contributed by atoms with Crippen LogP contribution in [0.25, 0.3) is 0 Å². The Bertz CT molecular complexity index is 518. The van der Waals surface area contributed by atoms with E-state index in [2.05, 4.69) is 10.2 Å². The zero-order chi connectivity index (χ0) is 13.9. The average molecular weight is 294 g/mol. The van der Waals surface area contributed by atoms with Crippen LogP contribution < -0.4 is 0 Å². The summed E-state index contributed by atoms with van der Waals surface area (Å²) in [6, 6.07) is 0. The standard InChI is InChI=1S/C15H20ClN3O/c1-19(14(20)13-12(16)8-17-18-13)15-5-9-2-10(6-15)4-11(3-9)7-15/h8-11H,2-7H2,1H3,(H,17,18). The van der Waals surface area contributed by atoms with Crippen LogP contribution in [0.1, 0.15) is 49.0 Å². The molecule has 4 aliphatic rings. The van der Waals surface area contributed by atoms with Gasteiger partial charge in [-0.15, -0.1) is 0 Å². The molecule has 0 aromatic carbocycles. The number of aromatic nitrogens is 2. The normalized spacial score (nSPS) is 38.2. The number of halogens is 1. The van der Waals surface area contributed by atoms with Crippen LogP contribution in [0.3, 0.4) is 0 Å². The summed E-state index contributed by atoms with van der Waals surface area (Å²) in [5.74, 6) is 2.48. The molecule has 4 fully saturated rings. The number of nitrogens with one attached hydrogen (secondary N) is 1. The van der Waals surface area contributed by atoms with E-state index in [4.69, 9.17) is 11.6 Å². The van der Waals surface area contributed by atoms with Gasteiger partial charge in [-0.2, -0.15) is 5.10 Å². The molecule has 4 bridgehead atoms. The Hall–Kier alpha value is -1.03. The van der Waals surface area contributed by atoms with Crippen molar-refractivity contribution in [3.05, 3.63) is 16.9 Å². The van der Waals surface area contributed by atoms with Crippen LogP contribution in [0, 0.1) is 17.8 Å². The second-order valence-corrected chi connectivity index (χ2v) is 7.51. The topological polar surface area (TPSA) is 49.0 Å². The first kappa shape index (κ1) is 12.7. The third-order valence-corrected chi connectivity index (χ3v) is 6.12. The summed E-state index contributed by atoms with van der Waals surface area (Å²) in [5, 5.41) is 7.03. The predicted octanol–water partition coefficient (Wildman–Crippen LogP) is 3.10. The van der Waals surface area contributed by atoms with Crippen LogP contribution in [-0.2, 0) is 0 Å². The summed E-state index contributed by atoms with van der Waals surface area (Å²) >= 11 is 6.05. The molecule has 0 atom stereocenters. The molecular formula is C15H20ClN3O. The van der Waals surface area contributed by atoms with Crippen LogP contribution in [0.15, 0.2) is 6.20 Å². The summed E-state index contributed by atoms with van der Waals surface area (Å²) in [6.45, 7) is 0. The predicted molar refractivity (Wildman–Crippen MR) is 76.6 cm³/mol. The zero-order valence-electron chi connectivity index (χ0n) is 11.7. The molecule has 0 radical (unpaired) electrons. The quantitative estimate of drug-likeness (QED) is 0.911. The van der Waals surface area contributed by atoms with E-state index in [9.17, 15) is 4.79 Å². The number of aromatic amines is 1. The first-order valence-electron chi connectivity index (χ1n) is 7.54. The molecule has 1 aromatic heterocycles. The summed E-state index contributed by atoms with van der Waals surface area (Å²) in [5.41, 5.74) is 0.505. The lowest BCUT2D eigenvalue weighted by Crippen LogP contribution is -2.60. The van der Waals surface area contributed by atoms with Gasteiger partial charge in [0.05, 0.1) is 11.2 Å². The Kier molecular flexibility index (Phi) is 2.69. The highest BCUT2D eigenvalue weighted by atomic mass is 35.5. The zero-order valence-corrected chi connectivity index (χ0v) is 12.5. The van der Waals surface area contributed by atoms with Crippen LogP contribution in [0.5, 0.6) is 0 Å². The molecule has 4 saturated carbocycles. The lowest BCUT2D eigenvalue weighted by atomic mass is 9.52. The van der Waals surface area contributed by atoms with E-state index in [1.807, 2.05) is 11.9 Å². The number of hydrogen-bond donors (Lipinski definition) is 1. The number of H-pyrrole nitrogens is 1. The molecule has 0 unspecified atom stereocenters. The van der Waals surface area contributed by atoms with Crippen LogP contribution in [-0.4, -0.2) is 33.6 Å². The molecule has 20 heavy (non-hydrogen) atoms. The van der Waals surface area contributed by atoms with Crippen molar-refractivity contribution >= 4 is 17.5 Å². The molecule has 5 rings (SSSR count). The van der Waals surface area contributed by atoms with E-state index >= 15 is 0 Å². The first-order chi connectivity index (χ1) is 9.57. The second-order valence-electron chi connectivity index (χ2n) is 7.10. The number of nitrogens with zero attached hydrogens (tertiary/aromatic N) is 2. The molecular weight excluding hydrogens is 274 g/mol. The highest BCUT2D eigenvalue weighted by molar-refractivity contribution is 6.33. The molecule has 0 spiro atoms. The van der Waals surface area contributed by atoms with Gasteiger partial charge >= 0.3 is 0 Å². The number of carbonyl (C=O) groups is 1. The number of hydrogen-bond acceptors (Lipinski definition) is 2. The van der Waals surface area contributed by atoms with Crippen molar-refractivity contribution in [3.63, 3.8) is 0 Å². The second kappa shape index (κ2) is 4.23. The van der Waals surface area contributed by atoms with Gasteiger partial charge < -0.3 is 4.90 Å². The van der Waals surface area contributed by atoms with Crippen molar-refractivity contribution in [2.75, 3.05) is 7.05 Å². The first-order valence-corrected chi connectivity index (χ1v) is 7.92. The third-order valence-electron chi connectivity index (χ3n) is 5.83. The van der Waals surface area contributed by atoms with Gasteiger partial charge in [-0.25, -0.2) is 0 Å². The van der Waals surface area contributed by atoms with Gasteiger partial charge in [0.25, 0.3) is 5.91 Å². The summed E-state index contributed by atoms with van der Waals surface area (Å²) < 4.78 is 0. The number of rotatable bonds is 2. The van der Waals surface area contributed by atoms with E-state index in [0.29, 0.717) is 10.7 Å². The smallest absolute Gasteiger partial charge is 0.273 e. The van der Waals surface area contributed by atoms with Crippen molar-refractivity contribution in [1.29, 1.82) is 0 Å². The Morgan fingerprint density at radius 2 is 1.85 bits per heavy atom. The fraction of sp³-hybridized carbons (Fsp3) is 0.733. The van der Waals surface area contributed by atoms with E-state index in [0.717, 1.165) is 17.8 Å². The minimum absolute atomic E-state index is 0.00514. The fourth-order valence-corrected chi connectivity index (χ4v) is 5.45. The number of amides is 1. The monoisotopic (exact) mass is 293 g/mol. The SMILES string of the molecule is CN(C(=O)c1[nH]ncc1Cl)C12CC3CC(CC(C3)C1)C2. The summed E-state index contributed by atoms with van der Waals surface area (Å²) in [7, 11) is 1.95. The van der Waals surface area contributed by atoms with Crippen molar-refractivity contribution in [3.8, 4) is 0 Å². The van der Waals surface area contributed by atoms with Crippen LogP contribution >= 0.6 is 11.6 Å². The Morgan fingerprint density at radius 3 is 2.30 bits per heavy atom. The van der Waals surface area contributed by atoms with Crippen molar-refractivity contribution in [1.82, 2.24) is 15.1 Å². The van der Waals surface area contributed by atoms with E-state index in [1.165, 1.54) is 44.7 Å². The largest absolute Gasteiger partial charge is 0.335 e. The summed E-state index contributed by atoms with van der Waals surface area (Å²) in [4.78, 5) is 14.7. The molecule has 108 valence electrons. The Balaban J connectivity index is 1.64. The molecule has 1 amide bonds. The van der Waals surface area contributed by atoms with Crippen LogP contribution in [0.4, 0.5) is 0 Å². The molecule has 1 heterocycles. The van der Waals surface area contributed by atoms with Gasteiger partial charge in [0.15, 0.2) is 0 Å².